The Bertz CT molecular complexity index is 812. The van der Waals surface area contributed by atoms with Gasteiger partial charge in [-0.05, 0) is 36.8 Å². The maximum absolute atomic E-state index is 12.4. The van der Waals surface area contributed by atoms with E-state index >= 15 is 0 Å². The lowest BCUT2D eigenvalue weighted by atomic mass is 10.2. The summed E-state index contributed by atoms with van der Waals surface area (Å²) in [5.74, 6) is -1.38. The van der Waals surface area contributed by atoms with Gasteiger partial charge in [0, 0.05) is 5.69 Å². The number of ether oxygens (including phenoxy) is 1. The van der Waals surface area contributed by atoms with Crippen LogP contribution >= 0.6 is 11.8 Å². The molecule has 2 rings (SSSR count). The molecule has 144 valence electrons. The van der Waals surface area contributed by atoms with Gasteiger partial charge >= 0.3 is 6.36 Å². The van der Waals surface area contributed by atoms with Gasteiger partial charge in [0.15, 0.2) is 5.75 Å². The number of benzene rings is 2. The maximum atomic E-state index is 12.4. The molecule has 27 heavy (non-hydrogen) atoms. The third-order valence-corrected chi connectivity index (χ3v) is 4.09. The van der Waals surface area contributed by atoms with E-state index in [0.29, 0.717) is 5.69 Å². The predicted octanol–water partition coefficient (Wildman–Crippen LogP) is 4.20. The molecular weight excluding hydrogens is 381 g/mol. The first-order valence-corrected chi connectivity index (χ1v) is 8.97. The zero-order valence-corrected chi connectivity index (χ0v) is 15.1. The molecule has 0 saturated carbocycles. The van der Waals surface area contributed by atoms with Gasteiger partial charge in [-0.3, -0.25) is 9.59 Å². The van der Waals surface area contributed by atoms with Crippen LogP contribution in [0.2, 0.25) is 0 Å². The first kappa shape index (κ1) is 20.6. The summed E-state index contributed by atoms with van der Waals surface area (Å²) in [5.41, 5.74) is 1.56. The minimum atomic E-state index is -4.86. The van der Waals surface area contributed by atoms with Crippen LogP contribution in [0.25, 0.3) is 0 Å². The summed E-state index contributed by atoms with van der Waals surface area (Å²) in [5, 5.41) is 5.05. The van der Waals surface area contributed by atoms with Crippen LogP contribution in [0.1, 0.15) is 5.56 Å². The number of thioether (sulfide) groups is 1. The summed E-state index contributed by atoms with van der Waals surface area (Å²) < 4.78 is 41.0. The van der Waals surface area contributed by atoms with Crippen molar-refractivity contribution in [3.05, 3.63) is 54.1 Å². The Kier molecular flexibility index (Phi) is 7.12. The molecule has 2 aromatic carbocycles. The lowest BCUT2D eigenvalue weighted by molar-refractivity contribution is -0.274. The van der Waals surface area contributed by atoms with Gasteiger partial charge in [-0.25, -0.2) is 0 Å². The molecule has 9 heteroatoms. The largest absolute Gasteiger partial charge is 0.573 e. The molecule has 0 aromatic heterocycles. The summed E-state index contributed by atoms with van der Waals surface area (Å²) in [6.07, 6.45) is -4.86. The number of amides is 2. The number of alkyl halides is 3. The highest BCUT2D eigenvalue weighted by Crippen LogP contribution is 2.29. The van der Waals surface area contributed by atoms with Crippen molar-refractivity contribution in [2.24, 2.45) is 0 Å². The Morgan fingerprint density at radius 3 is 2.33 bits per heavy atom. The molecule has 2 aromatic rings. The van der Waals surface area contributed by atoms with E-state index in [1.165, 1.54) is 18.2 Å². The highest BCUT2D eigenvalue weighted by atomic mass is 32.2. The van der Waals surface area contributed by atoms with Crippen LogP contribution < -0.4 is 15.4 Å². The summed E-state index contributed by atoms with van der Waals surface area (Å²) in [6.45, 7) is 1.90. The first-order valence-electron chi connectivity index (χ1n) is 7.82. The molecule has 0 aliphatic carbocycles. The quantitative estimate of drug-likeness (QED) is 0.734. The van der Waals surface area contributed by atoms with Crippen molar-refractivity contribution in [1.82, 2.24) is 0 Å². The smallest absolute Gasteiger partial charge is 0.404 e. The molecule has 0 saturated heterocycles. The number of carbonyl (C=O) groups excluding carboxylic acids is 2. The van der Waals surface area contributed by atoms with E-state index in [1.54, 1.807) is 6.07 Å². The lowest BCUT2D eigenvalue weighted by Gasteiger charge is -2.13. The predicted molar refractivity (Wildman–Crippen MR) is 98.9 cm³/mol. The molecule has 0 radical (unpaired) electrons. The number of hydrogen-bond acceptors (Lipinski definition) is 4. The number of rotatable bonds is 7. The zero-order valence-electron chi connectivity index (χ0n) is 14.3. The van der Waals surface area contributed by atoms with Gasteiger partial charge in [0.1, 0.15) is 0 Å². The first-order chi connectivity index (χ1) is 12.7. The number of halogens is 3. The molecule has 0 spiro atoms. The molecule has 2 N–H and O–H groups in total. The van der Waals surface area contributed by atoms with Crippen molar-refractivity contribution in [3.8, 4) is 5.75 Å². The Balaban J connectivity index is 1.80. The van der Waals surface area contributed by atoms with Crippen molar-refractivity contribution in [2.75, 3.05) is 22.1 Å². The highest BCUT2D eigenvalue weighted by molar-refractivity contribution is 8.00. The molecule has 0 aliphatic heterocycles. The molecule has 0 heterocycles. The van der Waals surface area contributed by atoms with Crippen LogP contribution in [-0.2, 0) is 9.59 Å². The van der Waals surface area contributed by atoms with E-state index in [4.69, 9.17) is 0 Å². The minimum absolute atomic E-state index is 0.0298. The maximum Gasteiger partial charge on any atom is 0.573 e. The third kappa shape index (κ3) is 7.61. The van der Waals surface area contributed by atoms with Gasteiger partial charge in [0.2, 0.25) is 11.8 Å². The standard InChI is InChI=1S/C18H17F3N2O3S/c1-12-5-4-6-13(9-12)22-16(24)10-27-11-17(25)23-14-7-2-3-8-15(14)26-18(19,20)21/h2-9H,10-11H2,1H3,(H,22,24)(H,23,25). The van der Waals surface area contributed by atoms with E-state index in [-0.39, 0.29) is 23.1 Å². The summed E-state index contributed by atoms with van der Waals surface area (Å²) >= 11 is 1.04. The molecular formula is C18H17F3N2O3S. The number of anilines is 2. The van der Waals surface area contributed by atoms with Crippen molar-refractivity contribution >= 4 is 35.0 Å². The monoisotopic (exact) mass is 398 g/mol. The number of carbonyl (C=O) groups is 2. The van der Waals surface area contributed by atoms with Crippen LogP contribution in [-0.4, -0.2) is 29.7 Å². The van der Waals surface area contributed by atoms with Gasteiger partial charge in [0.25, 0.3) is 0 Å². The number of hydrogen-bond donors (Lipinski definition) is 2. The summed E-state index contributed by atoms with van der Waals surface area (Å²) in [7, 11) is 0. The SMILES string of the molecule is Cc1cccc(NC(=O)CSCC(=O)Nc2ccccc2OC(F)(F)F)c1. The van der Waals surface area contributed by atoms with Gasteiger partial charge < -0.3 is 15.4 Å². The summed E-state index contributed by atoms with van der Waals surface area (Å²) in [6, 6.07) is 12.5. The van der Waals surface area contributed by atoms with Crippen molar-refractivity contribution < 1.29 is 27.5 Å². The van der Waals surface area contributed by atoms with Crippen LogP contribution in [0.5, 0.6) is 5.75 Å². The Labute approximate surface area is 158 Å². The molecule has 5 nitrogen and oxygen atoms in total. The second kappa shape index (κ2) is 9.31. The fraction of sp³-hybridized carbons (Fsp3) is 0.222. The Morgan fingerprint density at radius 1 is 1.00 bits per heavy atom. The van der Waals surface area contributed by atoms with Gasteiger partial charge in [-0.2, -0.15) is 0 Å². The average Bonchev–Trinajstić information content (AvgIpc) is 2.55. The van der Waals surface area contributed by atoms with Crippen molar-refractivity contribution in [2.45, 2.75) is 13.3 Å². The highest BCUT2D eigenvalue weighted by Gasteiger charge is 2.32. The molecule has 0 bridgehead atoms. The topological polar surface area (TPSA) is 67.4 Å². The minimum Gasteiger partial charge on any atom is -0.404 e. The second-order valence-electron chi connectivity index (χ2n) is 5.50. The zero-order chi connectivity index (χ0) is 19.9. The van der Waals surface area contributed by atoms with Crippen molar-refractivity contribution in [3.63, 3.8) is 0 Å². The van der Waals surface area contributed by atoms with Gasteiger partial charge in [-0.15, -0.1) is 24.9 Å². The fourth-order valence-corrected chi connectivity index (χ4v) is 2.74. The van der Waals surface area contributed by atoms with E-state index in [1.807, 2.05) is 25.1 Å². The second-order valence-corrected chi connectivity index (χ2v) is 6.49. The molecule has 0 unspecified atom stereocenters. The Hall–Kier alpha value is -2.68. The average molecular weight is 398 g/mol. The van der Waals surface area contributed by atoms with Gasteiger partial charge in [-0.1, -0.05) is 24.3 Å². The Morgan fingerprint density at radius 2 is 1.67 bits per heavy atom. The lowest BCUT2D eigenvalue weighted by Crippen LogP contribution is -2.21. The molecule has 0 aliphatic rings. The normalized spacial score (nSPS) is 11.0. The van der Waals surface area contributed by atoms with E-state index in [9.17, 15) is 22.8 Å². The van der Waals surface area contributed by atoms with Crippen molar-refractivity contribution in [1.29, 1.82) is 0 Å². The van der Waals surface area contributed by atoms with Crippen LogP contribution in [0.15, 0.2) is 48.5 Å². The van der Waals surface area contributed by atoms with E-state index in [2.05, 4.69) is 15.4 Å². The van der Waals surface area contributed by atoms with Crippen LogP contribution in [0.3, 0.4) is 0 Å². The summed E-state index contributed by atoms with van der Waals surface area (Å²) in [4.78, 5) is 23.8. The van der Waals surface area contributed by atoms with Crippen LogP contribution in [0, 0.1) is 6.92 Å². The van der Waals surface area contributed by atoms with Gasteiger partial charge in [0.05, 0.1) is 17.2 Å². The molecule has 2 amide bonds. The third-order valence-electron chi connectivity index (χ3n) is 3.15. The molecule has 0 atom stereocenters. The number of nitrogens with one attached hydrogen (secondary N) is 2. The fourth-order valence-electron chi connectivity index (χ4n) is 2.13. The number of para-hydroxylation sites is 2. The van der Waals surface area contributed by atoms with E-state index < -0.39 is 18.0 Å². The molecule has 0 fully saturated rings. The van der Waals surface area contributed by atoms with Crippen LogP contribution in [0.4, 0.5) is 24.5 Å². The number of aryl methyl sites for hydroxylation is 1. The van der Waals surface area contributed by atoms with E-state index in [0.717, 1.165) is 23.4 Å².